The van der Waals surface area contributed by atoms with Gasteiger partial charge in [-0.1, -0.05) is 37.8 Å². The van der Waals surface area contributed by atoms with Crippen molar-refractivity contribution in [2.45, 2.75) is 51.0 Å². The molecule has 1 aromatic carbocycles. The first-order chi connectivity index (χ1) is 12.9. The molecule has 0 aromatic heterocycles. The van der Waals surface area contributed by atoms with Gasteiger partial charge in [-0.05, 0) is 43.4 Å². The first-order valence-electron chi connectivity index (χ1n) is 9.57. The average Bonchev–Trinajstić information content (AvgIpc) is 3.23. The molecule has 1 aliphatic heterocycles. The molecular formula is C20H26FN3O3. The van der Waals surface area contributed by atoms with E-state index in [0.29, 0.717) is 12.1 Å². The highest BCUT2D eigenvalue weighted by molar-refractivity contribution is 6.09. The fourth-order valence-electron chi connectivity index (χ4n) is 3.94. The van der Waals surface area contributed by atoms with Crippen molar-refractivity contribution in [2.75, 3.05) is 13.1 Å². The van der Waals surface area contributed by atoms with Crippen LogP contribution < -0.4 is 10.6 Å². The number of benzene rings is 1. The molecule has 7 heteroatoms. The van der Waals surface area contributed by atoms with E-state index in [9.17, 15) is 18.8 Å². The van der Waals surface area contributed by atoms with Crippen LogP contribution in [-0.2, 0) is 15.1 Å². The Morgan fingerprint density at radius 3 is 2.59 bits per heavy atom. The van der Waals surface area contributed by atoms with Crippen molar-refractivity contribution in [2.24, 2.45) is 5.92 Å². The third kappa shape index (κ3) is 4.28. The van der Waals surface area contributed by atoms with Crippen LogP contribution in [-0.4, -0.2) is 35.8 Å². The van der Waals surface area contributed by atoms with E-state index in [-0.39, 0.29) is 12.5 Å². The fraction of sp³-hybridized carbons (Fsp3) is 0.550. The van der Waals surface area contributed by atoms with Crippen LogP contribution in [0.3, 0.4) is 0 Å². The summed E-state index contributed by atoms with van der Waals surface area (Å²) in [6.45, 7) is 1.79. The van der Waals surface area contributed by atoms with E-state index >= 15 is 0 Å². The molecular weight excluding hydrogens is 349 g/mol. The Hall–Kier alpha value is -2.44. The van der Waals surface area contributed by atoms with Gasteiger partial charge in [0.15, 0.2) is 0 Å². The lowest BCUT2D eigenvalue weighted by Crippen LogP contribution is -2.43. The second-order valence-electron chi connectivity index (χ2n) is 7.60. The predicted octanol–water partition coefficient (Wildman–Crippen LogP) is 2.68. The quantitative estimate of drug-likeness (QED) is 0.568. The summed E-state index contributed by atoms with van der Waals surface area (Å²) in [6, 6.07) is 4.77. The van der Waals surface area contributed by atoms with Crippen molar-refractivity contribution in [3.63, 3.8) is 0 Å². The summed E-state index contributed by atoms with van der Waals surface area (Å²) in [5.74, 6) is -0.522. The lowest BCUT2D eigenvalue weighted by atomic mass is 9.92. The van der Waals surface area contributed by atoms with Gasteiger partial charge in [-0.2, -0.15) is 0 Å². The number of carbonyl (C=O) groups is 3. The van der Waals surface area contributed by atoms with Crippen LogP contribution in [0, 0.1) is 11.7 Å². The lowest BCUT2D eigenvalue weighted by molar-refractivity contribution is -0.134. The van der Waals surface area contributed by atoms with Gasteiger partial charge >= 0.3 is 6.03 Å². The van der Waals surface area contributed by atoms with Crippen molar-refractivity contribution in [3.8, 4) is 0 Å². The molecule has 1 unspecified atom stereocenters. The minimum absolute atomic E-state index is 0.315. The molecule has 1 aliphatic carbocycles. The Morgan fingerprint density at radius 1 is 1.26 bits per heavy atom. The van der Waals surface area contributed by atoms with Crippen molar-refractivity contribution in [3.05, 3.63) is 35.6 Å². The highest BCUT2D eigenvalue weighted by Crippen LogP contribution is 2.29. The number of hydrogen-bond donors (Lipinski definition) is 2. The number of imide groups is 1. The van der Waals surface area contributed by atoms with Gasteiger partial charge in [-0.3, -0.25) is 14.5 Å². The smallest absolute Gasteiger partial charge is 0.325 e. The van der Waals surface area contributed by atoms with Gasteiger partial charge in [0.05, 0.1) is 0 Å². The molecule has 146 valence electrons. The fourth-order valence-corrected chi connectivity index (χ4v) is 3.94. The van der Waals surface area contributed by atoms with Crippen LogP contribution in [0.25, 0.3) is 0 Å². The molecule has 3 rings (SSSR count). The number of urea groups is 1. The third-order valence-corrected chi connectivity index (χ3v) is 5.58. The molecule has 0 spiro atoms. The number of rotatable bonds is 7. The standard InChI is InChI=1S/C20H26FN3O3/c1-20(15-8-10-16(21)11-9-15)18(26)24(19(27)23-20)13-17(25)22-12-4-7-14-5-2-3-6-14/h8-11,14H,2-7,12-13H2,1H3,(H,22,25)(H,23,27). The van der Waals surface area contributed by atoms with Crippen LogP contribution in [0.5, 0.6) is 0 Å². The average molecular weight is 375 g/mol. The molecule has 6 nitrogen and oxygen atoms in total. The van der Waals surface area contributed by atoms with Crippen molar-refractivity contribution in [1.29, 1.82) is 0 Å². The van der Waals surface area contributed by atoms with Gasteiger partial charge in [0.1, 0.15) is 17.9 Å². The molecule has 1 heterocycles. The maximum absolute atomic E-state index is 13.1. The van der Waals surface area contributed by atoms with Crippen LogP contribution in [0.4, 0.5) is 9.18 Å². The third-order valence-electron chi connectivity index (χ3n) is 5.58. The van der Waals surface area contributed by atoms with E-state index < -0.39 is 23.3 Å². The predicted molar refractivity (Wildman–Crippen MR) is 98.2 cm³/mol. The zero-order valence-electron chi connectivity index (χ0n) is 15.6. The Bertz CT molecular complexity index is 716. The monoisotopic (exact) mass is 375 g/mol. The van der Waals surface area contributed by atoms with Crippen molar-refractivity contribution < 1.29 is 18.8 Å². The molecule has 2 fully saturated rings. The summed E-state index contributed by atoms with van der Waals surface area (Å²) in [6.07, 6.45) is 7.17. The van der Waals surface area contributed by atoms with E-state index in [1.807, 2.05) is 0 Å². The van der Waals surface area contributed by atoms with Crippen molar-refractivity contribution in [1.82, 2.24) is 15.5 Å². The number of nitrogens with zero attached hydrogens (tertiary/aromatic N) is 1. The molecule has 1 atom stereocenters. The van der Waals surface area contributed by atoms with Crippen LogP contribution in [0.2, 0.25) is 0 Å². The Balaban J connectivity index is 1.52. The van der Waals surface area contributed by atoms with Gasteiger partial charge in [-0.15, -0.1) is 0 Å². The van der Waals surface area contributed by atoms with Crippen molar-refractivity contribution >= 4 is 17.8 Å². The number of amides is 4. The van der Waals surface area contributed by atoms with Gasteiger partial charge in [0.25, 0.3) is 5.91 Å². The molecule has 2 N–H and O–H groups in total. The van der Waals surface area contributed by atoms with Gasteiger partial charge < -0.3 is 10.6 Å². The van der Waals surface area contributed by atoms with Crippen LogP contribution in [0.1, 0.15) is 51.0 Å². The Morgan fingerprint density at radius 2 is 1.93 bits per heavy atom. The number of carbonyl (C=O) groups excluding carboxylic acids is 3. The number of halogens is 1. The van der Waals surface area contributed by atoms with E-state index in [1.165, 1.54) is 49.9 Å². The normalized spacial score (nSPS) is 23.0. The molecule has 1 aromatic rings. The number of nitrogens with one attached hydrogen (secondary N) is 2. The Labute approximate surface area is 158 Å². The first kappa shape index (κ1) is 19.3. The highest BCUT2D eigenvalue weighted by Gasteiger charge is 2.49. The largest absolute Gasteiger partial charge is 0.355 e. The summed E-state index contributed by atoms with van der Waals surface area (Å²) in [5, 5.41) is 5.40. The molecule has 1 saturated carbocycles. The zero-order valence-corrected chi connectivity index (χ0v) is 15.6. The van der Waals surface area contributed by atoms with E-state index in [1.54, 1.807) is 6.92 Å². The molecule has 0 radical (unpaired) electrons. The summed E-state index contributed by atoms with van der Waals surface area (Å²) in [7, 11) is 0. The SMILES string of the molecule is CC1(c2ccc(F)cc2)NC(=O)N(CC(=O)NCCCC2CCCC2)C1=O. The Kier molecular flexibility index (Phi) is 5.77. The van der Waals surface area contributed by atoms with Gasteiger partial charge in [-0.25, -0.2) is 9.18 Å². The first-order valence-corrected chi connectivity index (χ1v) is 9.57. The number of hydrogen-bond acceptors (Lipinski definition) is 3. The molecule has 2 aliphatic rings. The van der Waals surface area contributed by atoms with Gasteiger partial charge in [0, 0.05) is 6.54 Å². The summed E-state index contributed by atoms with van der Waals surface area (Å²) >= 11 is 0. The second kappa shape index (κ2) is 8.06. The summed E-state index contributed by atoms with van der Waals surface area (Å²) < 4.78 is 13.1. The lowest BCUT2D eigenvalue weighted by Gasteiger charge is -2.22. The van der Waals surface area contributed by atoms with E-state index in [0.717, 1.165) is 23.7 Å². The molecule has 27 heavy (non-hydrogen) atoms. The topological polar surface area (TPSA) is 78.5 Å². The summed E-state index contributed by atoms with van der Waals surface area (Å²) in [5.41, 5.74) is -0.824. The zero-order chi connectivity index (χ0) is 19.4. The maximum Gasteiger partial charge on any atom is 0.325 e. The minimum Gasteiger partial charge on any atom is -0.355 e. The van der Waals surface area contributed by atoms with Crippen LogP contribution in [0.15, 0.2) is 24.3 Å². The van der Waals surface area contributed by atoms with Gasteiger partial charge in [0.2, 0.25) is 5.91 Å². The van der Waals surface area contributed by atoms with E-state index in [2.05, 4.69) is 10.6 Å². The maximum atomic E-state index is 13.1. The minimum atomic E-state index is -1.30. The highest BCUT2D eigenvalue weighted by atomic mass is 19.1. The summed E-state index contributed by atoms with van der Waals surface area (Å²) in [4.78, 5) is 38.0. The van der Waals surface area contributed by atoms with E-state index in [4.69, 9.17) is 0 Å². The second-order valence-corrected chi connectivity index (χ2v) is 7.60. The molecule has 4 amide bonds. The molecule has 1 saturated heterocycles. The molecule has 0 bridgehead atoms. The van der Waals surface area contributed by atoms with Crippen LogP contribution >= 0.6 is 0 Å².